The Labute approximate surface area is 116 Å². The number of aromatic amines is 1. The Morgan fingerprint density at radius 3 is 2.95 bits per heavy atom. The van der Waals surface area contributed by atoms with Crippen molar-refractivity contribution in [3.63, 3.8) is 0 Å². The number of nitrogens with zero attached hydrogens (tertiary/aromatic N) is 1. The second-order valence-corrected chi connectivity index (χ2v) is 5.41. The quantitative estimate of drug-likeness (QED) is 0.867. The summed E-state index contributed by atoms with van der Waals surface area (Å²) in [6.45, 7) is 3.93. The molecule has 1 aliphatic rings. The molecule has 0 aliphatic heterocycles. The summed E-state index contributed by atoms with van der Waals surface area (Å²) in [7, 11) is 0. The number of rotatable bonds is 3. The highest BCUT2D eigenvalue weighted by Gasteiger charge is 2.40. The van der Waals surface area contributed by atoms with Crippen LogP contribution in [-0.4, -0.2) is 15.9 Å². The monoisotopic (exact) mass is 272 g/mol. The highest BCUT2D eigenvalue weighted by molar-refractivity contribution is 5.80. The van der Waals surface area contributed by atoms with Crippen LogP contribution in [0.15, 0.2) is 23.0 Å². The van der Waals surface area contributed by atoms with E-state index in [2.05, 4.69) is 9.97 Å². The first-order valence-electron chi connectivity index (χ1n) is 6.71. The third kappa shape index (κ3) is 2.31. The molecule has 0 spiro atoms. The summed E-state index contributed by atoms with van der Waals surface area (Å²) < 4.78 is 5.19. The number of carbonyl (C=O) groups excluding carboxylic acids is 1. The van der Waals surface area contributed by atoms with Crippen LogP contribution in [0.2, 0.25) is 0 Å². The van der Waals surface area contributed by atoms with Gasteiger partial charge in [-0.2, -0.15) is 0 Å². The van der Waals surface area contributed by atoms with Gasteiger partial charge in [0.2, 0.25) is 0 Å². The van der Waals surface area contributed by atoms with Crippen molar-refractivity contribution in [2.24, 2.45) is 11.8 Å². The van der Waals surface area contributed by atoms with E-state index in [0.717, 1.165) is 12.0 Å². The molecule has 0 unspecified atom stereocenters. The Morgan fingerprint density at radius 2 is 2.25 bits per heavy atom. The number of carbonyl (C=O) groups is 1. The summed E-state index contributed by atoms with van der Waals surface area (Å²) in [5, 5.41) is 0.552. The van der Waals surface area contributed by atoms with Crippen molar-refractivity contribution in [3.8, 4) is 0 Å². The number of aryl methyl sites for hydroxylation is 1. The molecule has 5 nitrogen and oxygen atoms in total. The molecule has 104 valence electrons. The average Bonchev–Trinajstić information content (AvgIpc) is 3.14. The molecule has 2 atom stereocenters. The van der Waals surface area contributed by atoms with Crippen molar-refractivity contribution >= 4 is 16.9 Å². The summed E-state index contributed by atoms with van der Waals surface area (Å²) in [4.78, 5) is 30.7. The second-order valence-electron chi connectivity index (χ2n) is 5.41. The number of esters is 1. The van der Waals surface area contributed by atoms with Gasteiger partial charge >= 0.3 is 5.97 Å². The molecule has 2 aromatic rings. The van der Waals surface area contributed by atoms with E-state index in [-0.39, 0.29) is 24.1 Å². The van der Waals surface area contributed by atoms with Crippen molar-refractivity contribution in [1.82, 2.24) is 9.97 Å². The lowest BCUT2D eigenvalue weighted by Gasteiger charge is -2.06. The summed E-state index contributed by atoms with van der Waals surface area (Å²) >= 11 is 0. The molecule has 0 bridgehead atoms. The van der Waals surface area contributed by atoms with E-state index in [1.807, 2.05) is 26.0 Å². The number of hydrogen-bond donors (Lipinski definition) is 1. The molecule has 1 saturated carbocycles. The minimum absolute atomic E-state index is 0.0154. The van der Waals surface area contributed by atoms with Gasteiger partial charge in [-0.1, -0.05) is 19.1 Å². The minimum Gasteiger partial charge on any atom is -0.457 e. The molecule has 5 heteroatoms. The van der Waals surface area contributed by atoms with Gasteiger partial charge in [-0.15, -0.1) is 0 Å². The maximum absolute atomic E-state index is 12.0. The molecule has 1 aromatic heterocycles. The van der Waals surface area contributed by atoms with Gasteiger partial charge in [0, 0.05) is 0 Å². The fourth-order valence-electron chi connectivity index (χ4n) is 2.32. The zero-order valence-electron chi connectivity index (χ0n) is 11.5. The molecule has 1 fully saturated rings. The highest BCUT2D eigenvalue weighted by atomic mass is 16.5. The highest BCUT2D eigenvalue weighted by Crippen LogP contribution is 2.38. The molecule has 1 aromatic carbocycles. The van der Waals surface area contributed by atoms with Crippen molar-refractivity contribution in [1.29, 1.82) is 0 Å². The molecule has 3 rings (SSSR count). The van der Waals surface area contributed by atoms with Crippen LogP contribution in [-0.2, 0) is 16.1 Å². The number of para-hydroxylation sites is 1. The number of fused-ring (bicyclic) bond motifs is 1. The minimum atomic E-state index is -0.204. The lowest BCUT2D eigenvalue weighted by molar-refractivity contribution is -0.147. The number of hydrogen-bond acceptors (Lipinski definition) is 4. The van der Waals surface area contributed by atoms with Crippen molar-refractivity contribution in [3.05, 3.63) is 39.9 Å². The van der Waals surface area contributed by atoms with E-state index in [1.165, 1.54) is 0 Å². The van der Waals surface area contributed by atoms with Gasteiger partial charge in [0.1, 0.15) is 12.4 Å². The fourth-order valence-corrected chi connectivity index (χ4v) is 2.32. The maximum atomic E-state index is 12.0. The van der Waals surface area contributed by atoms with Crippen LogP contribution in [0.25, 0.3) is 10.9 Å². The number of nitrogens with one attached hydrogen (secondary N) is 1. The third-order valence-corrected chi connectivity index (χ3v) is 3.75. The number of ether oxygens (including phenoxy) is 1. The van der Waals surface area contributed by atoms with Crippen LogP contribution in [0.1, 0.15) is 24.7 Å². The molecule has 1 aliphatic carbocycles. The second kappa shape index (κ2) is 4.74. The standard InChI is InChI=1S/C15H16N2O3/c1-8-4-3-5-10-13(8)16-12(17-14(10)18)7-20-15(19)11-6-9(11)2/h3-5,9,11H,6-7H2,1-2H3,(H,16,17,18)/t9-,11-/m0/s1. The Hall–Kier alpha value is -2.17. The molecule has 0 amide bonds. The van der Waals surface area contributed by atoms with Crippen molar-refractivity contribution < 1.29 is 9.53 Å². The van der Waals surface area contributed by atoms with Gasteiger partial charge in [-0.05, 0) is 30.9 Å². The summed E-state index contributed by atoms with van der Waals surface area (Å²) in [5.74, 6) is 0.612. The lowest BCUT2D eigenvalue weighted by atomic mass is 10.1. The topological polar surface area (TPSA) is 72.1 Å². The predicted octanol–water partition coefficient (Wildman–Crippen LogP) is 1.93. The smallest absolute Gasteiger partial charge is 0.309 e. The maximum Gasteiger partial charge on any atom is 0.309 e. The first-order valence-corrected chi connectivity index (χ1v) is 6.71. The van der Waals surface area contributed by atoms with E-state index in [4.69, 9.17) is 4.74 Å². The normalized spacial score (nSPS) is 20.9. The number of benzene rings is 1. The van der Waals surface area contributed by atoms with Gasteiger partial charge in [0.15, 0.2) is 0 Å². The van der Waals surface area contributed by atoms with Gasteiger partial charge in [-0.3, -0.25) is 9.59 Å². The van der Waals surface area contributed by atoms with Crippen LogP contribution >= 0.6 is 0 Å². The Bertz CT molecular complexity index is 735. The van der Waals surface area contributed by atoms with Crippen molar-refractivity contribution in [2.45, 2.75) is 26.9 Å². The Balaban J connectivity index is 1.83. The lowest BCUT2D eigenvalue weighted by Crippen LogP contribution is -2.15. The van der Waals surface area contributed by atoms with Gasteiger partial charge in [0.25, 0.3) is 5.56 Å². The molecule has 20 heavy (non-hydrogen) atoms. The molecular weight excluding hydrogens is 256 g/mol. The first kappa shape index (κ1) is 12.8. The zero-order valence-corrected chi connectivity index (χ0v) is 11.5. The van der Waals surface area contributed by atoms with E-state index in [9.17, 15) is 9.59 Å². The van der Waals surface area contributed by atoms with Gasteiger partial charge < -0.3 is 9.72 Å². The number of aromatic nitrogens is 2. The van der Waals surface area contributed by atoms with Crippen LogP contribution in [0.5, 0.6) is 0 Å². The summed E-state index contributed by atoms with van der Waals surface area (Å²) in [6.07, 6.45) is 0.889. The van der Waals surface area contributed by atoms with Crippen LogP contribution in [0.4, 0.5) is 0 Å². The zero-order chi connectivity index (χ0) is 14.3. The van der Waals surface area contributed by atoms with E-state index >= 15 is 0 Å². The van der Waals surface area contributed by atoms with Crippen molar-refractivity contribution in [2.75, 3.05) is 0 Å². The third-order valence-electron chi connectivity index (χ3n) is 3.75. The number of H-pyrrole nitrogens is 1. The molecule has 0 saturated heterocycles. The van der Waals surface area contributed by atoms with Crippen LogP contribution < -0.4 is 5.56 Å². The first-order chi connectivity index (χ1) is 9.56. The van der Waals surface area contributed by atoms with Crippen LogP contribution in [0.3, 0.4) is 0 Å². The van der Waals surface area contributed by atoms with E-state index in [1.54, 1.807) is 6.07 Å². The molecule has 0 radical (unpaired) electrons. The molecule has 1 heterocycles. The molecular formula is C15H16N2O3. The van der Waals surface area contributed by atoms with E-state index in [0.29, 0.717) is 22.6 Å². The average molecular weight is 272 g/mol. The summed E-state index contributed by atoms with van der Waals surface area (Å²) in [5.41, 5.74) is 1.38. The summed E-state index contributed by atoms with van der Waals surface area (Å²) in [6, 6.07) is 5.45. The predicted molar refractivity (Wildman–Crippen MR) is 74.2 cm³/mol. The van der Waals surface area contributed by atoms with E-state index < -0.39 is 0 Å². The SMILES string of the molecule is Cc1cccc2c(=O)[nH]c(COC(=O)[C@H]3C[C@@H]3C)nc12. The largest absolute Gasteiger partial charge is 0.457 e. The Kier molecular flexibility index (Phi) is 3.04. The van der Waals surface area contributed by atoms with Crippen LogP contribution in [0, 0.1) is 18.8 Å². The molecule has 1 N–H and O–H groups in total. The fraction of sp³-hybridized carbons (Fsp3) is 0.400. The van der Waals surface area contributed by atoms with Gasteiger partial charge in [0.05, 0.1) is 16.8 Å². The van der Waals surface area contributed by atoms with Gasteiger partial charge in [-0.25, -0.2) is 4.98 Å². The Morgan fingerprint density at radius 1 is 1.50 bits per heavy atom.